The molecule has 0 N–H and O–H groups in total. The number of benzene rings is 1. The maximum Gasteiger partial charge on any atom is 0.104 e. The molecule has 0 bridgehead atoms. The van der Waals surface area contributed by atoms with Crippen molar-refractivity contribution in [2.45, 2.75) is 12.2 Å². The van der Waals surface area contributed by atoms with Crippen LogP contribution in [0.3, 0.4) is 0 Å². The van der Waals surface area contributed by atoms with E-state index in [1.807, 2.05) is 24.3 Å². The van der Waals surface area contributed by atoms with Gasteiger partial charge < -0.3 is 14.2 Å². The predicted octanol–water partition coefficient (Wildman–Crippen LogP) is 3.01. The first-order valence-electron chi connectivity index (χ1n) is 5.46. The van der Waals surface area contributed by atoms with E-state index >= 15 is 0 Å². The lowest BCUT2D eigenvalue weighted by molar-refractivity contribution is 0.102. The van der Waals surface area contributed by atoms with Crippen LogP contribution in [0.15, 0.2) is 33.2 Å². The summed E-state index contributed by atoms with van der Waals surface area (Å²) in [6, 6.07) is 7.96. The quantitative estimate of drug-likeness (QED) is 0.769. The normalized spacial score (nSPS) is 24.8. The molecule has 2 saturated heterocycles. The first-order valence-corrected chi connectivity index (χ1v) is 7.04. The van der Waals surface area contributed by atoms with Gasteiger partial charge in [-0.05, 0) is 18.2 Å². The minimum atomic E-state index is 0.392. The van der Waals surface area contributed by atoms with Crippen LogP contribution < -0.4 is 0 Å². The van der Waals surface area contributed by atoms with Crippen molar-refractivity contribution in [3.8, 4) is 0 Å². The average Bonchev–Trinajstić information content (AvgIpc) is 3.13. The largest absolute Gasteiger partial charge is 0.376 e. The van der Waals surface area contributed by atoms with Crippen molar-refractivity contribution in [1.82, 2.24) is 0 Å². The number of rotatable bonds is 4. The Labute approximate surface area is 118 Å². The SMILES string of the molecule is Brc1cccc(Br)c1.C(OCC1CO1)C1CO1. The summed E-state index contributed by atoms with van der Waals surface area (Å²) in [7, 11) is 0. The molecular weight excluding hydrogens is 352 g/mol. The van der Waals surface area contributed by atoms with Gasteiger partial charge >= 0.3 is 0 Å². The molecular formula is C12H14Br2O3. The summed E-state index contributed by atoms with van der Waals surface area (Å²) in [6.07, 6.45) is 0.785. The van der Waals surface area contributed by atoms with Crippen LogP contribution in [0.1, 0.15) is 0 Å². The van der Waals surface area contributed by atoms with E-state index < -0.39 is 0 Å². The highest BCUT2D eigenvalue weighted by molar-refractivity contribution is 9.11. The number of ether oxygens (including phenoxy) is 3. The van der Waals surface area contributed by atoms with Gasteiger partial charge in [0.15, 0.2) is 0 Å². The van der Waals surface area contributed by atoms with Gasteiger partial charge in [-0.15, -0.1) is 0 Å². The molecule has 0 radical (unpaired) electrons. The molecule has 2 heterocycles. The van der Waals surface area contributed by atoms with Gasteiger partial charge in [0, 0.05) is 8.95 Å². The molecule has 2 fully saturated rings. The molecule has 17 heavy (non-hydrogen) atoms. The molecule has 0 amide bonds. The van der Waals surface area contributed by atoms with E-state index in [9.17, 15) is 0 Å². The van der Waals surface area contributed by atoms with Gasteiger partial charge in [-0.2, -0.15) is 0 Å². The lowest BCUT2D eigenvalue weighted by atomic mass is 10.4. The zero-order valence-corrected chi connectivity index (χ0v) is 12.4. The number of halogens is 2. The fraction of sp³-hybridized carbons (Fsp3) is 0.500. The summed E-state index contributed by atoms with van der Waals surface area (Å²) in [5, 5.41) is 0. The zero-order valence-electron chi connectivity index (χ0n) is 9.27. The van der Waals surface area contributed by atoms with Gasteiger partial charge in [-0.3, -0.25) is 0 Å². The molecule has 3 nitrogen and oxygen atoms in total. The van der Waals surface area contributed by atoms with Crippen molar-refractivity contribution in [1.29, 1.82) is 0 Å². The van der Waals surface area contributed by atoms with Crippen molar-refractivity contribution in [3.05, 3.63) is 33.2 Å². The van der Waals surface area contributed by atoms with E-state index in [-0.39, 0.29) is 0 Å². The topological polar surface area (TPSA) is 34.3 Å². The Bertz CT molecular complexity index is 322. The fourth-order valence-corrected chi connectivity index (χ4v) is 2.23. The molecule has 5 heteroatoms. The third-order valence-electron chi connectivity index (χ3n) is 2.20. The smallest absolute Gasteiger partial charge is 0.104 e. The van der Waals surface area contributed by atoms with Gasteiger partial charge in [0.2, 0.25) is 0 Å². The summed E-state index contributed by atoms with van der Waals surface area (Å²) in [4.78, 5) is 0. The third-order valence-corrected chi connectivity index (χ3v) is 3.19. The van der Waals surface area contributed by atoms with E-state index in [4.69, 9.17) is 14.2 Å². The second kappa shape index (κ2) is 6.85. The minimum absolute atomic E-state index is 0.392. The number of epoxide rings is 2. The third kappa shape index (κ3) is 6.52. The van der Waals surface area contributed by atoms with Gasteiger partial charge in [0.05, 0.1) is 26.4 Å². The molecule has 2 aliphatic heterocycles. The van der Waals surface area contributed by atoms with Crippen LogP contribution in [0.4, 0.5) is 0 Å². The van der Waals surface area contributed by atoms with Crippen LogP contribution in [0.2, 0.25) is 0 Å². The molecule has 0 aromatic heterocycles. The zero-order chi connectivity index (χ0) is 12.1. The van der Waals surface area contributed by atoms with E-state index in [2.05, 4.69) is 31.9 Å². The van der Waals surface area contributed by atoms with E-state index in [0.29, 0.717) is 12.2 Å². The van der Waals surface area contributed by atoms with E-state index in [1.54, 1.807) is 0 Å². The predicted molar refractivity (Wildman–Crippen MR) is 72.1 cm³/mol. The van der Waals surface area contributed by atoms with Gasteiger partial charge in [0.25, 0.3) is 0 Å². The molecule has 3 rings (SSSR count). The van der Waals surface area contributed by atoms with E-state index in [1.165, 1.54) is 0 Å². The molecule has 0 spiro atoms. The Kier molecular flexibility index (Phi) is 5.44. The maximum atomic E-state index is 5.23. The average molecular weight is 366 g/mol. The highest BCUT2D eigenvalue weighted by Gasteiger charge is 2.26. The summed E-state index contributed by atoms with van der Waals surface area (Å²) >= 11 is 6.66. The Balaban J connectivity index is 0.000000128. The standard InChI is InChI=1S/C6H4Br2.C6H10O3/c7-5-2-1-3-6(8)4-5;1(5-3-8-5)7-2-6-4-9-6/h1-4H;5-6H,1-4H2. The maximum absolute atomic E-state index is 5.23. The van der Waals surface area contributed by atoms with Crippen LogP contribution in [0, 0.1) is 0 Å². The van der Waals surface area contributed by atoms with Crippen LogP contribution in [-0.2, 0) is 14.2 Å². The van der Waals surface area contributed by atoms with Crippen molar-refractivity contribution in [2.75, 3.05) is 26.4 Å². The lowest BCUT2D eigenvalue weighted by Crippen LogP contribution is -2.06. The molecule has 2 aliphatic rings. The van der Waals surface area contributed by atoms with Crippen LogP contribution in [0.5, 0.6) is 0 Å². The molecule has 0 aliphatic carbocycles. The molecule has 0 saturated carbocycles. The molecule has 2 unspecified atom stereocenters. The summed E-state index contributed by atoms with van der Waals surface area (Å²) < 4.78 is 17.3. The summed E-state index contributed by atoms with van der Waals surface area (Å²) in [6.45, 7) is 3.26. The first-order chi connectivity index (χ1) is 8.24. The lowest BCUT2D eigenvalue weighted by Gasteiger charge is -1.95. The minimum Gasteiger partial charge on any atom is -0.376 e. The highest BCUT2D eigenvalue weighted by atomic mass is 79.9. The van der Waals surface area contributed by atoms with Crippen molar-refractivity contribution in [2.24, 2.45) is 0 Å². The first kappa shape index (κ1) is 13.5. The van der Waals surface area contributed by atoms with Gasteiger partial charge in [-0.1, -0.05) is 37.9 Å². The Morgan fingerprint density at radius 2 is 1.53 bits per heavy atom. The van der Waals surface area contributed by atoms with Crippen LogP contribution in [-0.4, -0.2) is 38.6 Å². The van der Waals surface area contributed by atoms with Crippen molar-refractivity contribution >= 4 is 31.9 Å². The second-order valence-corrected chi connectivity index (χ2v) is 5.72. The van der Waals surface area contributed by atoms with E-state index in [0.717, 1.165) is 35.4 Å². The highest BCUT2D eigenvalue weighted by Crippen LogP contribution is 2.15. The monoisotopic (exact) mass is 364 g/mol. The fourth-order valence-electron chi connectivity index (χ4n) is 1.12. The van der Waals surface area contributed by atoms with Gasteiger partial charge in [0.1, 0.15) is 12.2 Å². The molecule has 2 atom stereocenters. The summed E-state index contributed by atoms with van der Waals surface area (Å²) in [5.41, 5.74) is 0. The summed E-state index contributed by atoms with van der Waals surface area (Å²) in [5.74, 6) is 0. The van der Waals surface area contributed by atoms with Crippen molar-refractivity contribution < 1.29 is 14.2 Å². The molecule has 1 aromatic carbocycles. The Morgan fingerprint density at radius 3 is 1.82 bits per heavy atom. The molecule has 1 aromatic rings. The van der Waals surface area contributed by atoms with Crippen LogP contribution in [0.25, 0.3) is 0 Å². The van der Waals surface area contributed by atoms with Gasteiger partial charge in [-0.25, -0.2) is 0 Å². The van der Waals surface area contributed by atoms with Crippen molar-refractivity contribution in [3.63, 3.8) is 0 Å². The Hall–Kier alpha value is 0.0600. The molecule has 94 valence electrons. The second-order valence-electron chi connectivity index (χ2n) is 3.89. The number of hydrogen-bond acceptors (Lipinski definition) is 3. The number of hydrogen-bond donors (Lipinski definition) is 0. The Morgan fingerprint density at radius 1 is 1.06 bits per heavy atom. The van der Waals surface area contributed by atoms with Crippen LogP contribution >= 0.6 is 31.9 Å².